The second-order valence-electron chi connectivity index (χ2n) is 22.6. The second kappa shape index (κ2) is 64.2. The molecule has 0 bridgehead atoms. The Balaban J connectivity index is -0.000000585. The molecule has 0 aromatic rings. The predicted octanol–water partition coefficient (Wildman–Crippen LogP) is 16.5. The molecule has 0 amide bonds. The summed E-state index contributed by atoms with van der Waals surface area (Å²) >= 11 is 0. The zero-order valence-electron chi connectivity index (χ0n) is 49.2. The lowest BCUT2D eigenvalue weighted by atomic mass is 10.0. The Labute approximate surface area is 462 Å². The van der Waals surface area contributed by atoms with Gasteiger partial charge in [0, 0.05) is 0 Å². The van der Waals surface area contributed by atoms with Crippen LogP contribution in [0.2, 0.25) is 0 Å². The first kappa shape index (κ1) is 75.6. The van der Waals surface area contributed by atoms with Crippen LogP contribution < -0.4 is 41.0 Å². The fourth-order valence-electron chi connectivity index (χ4n) is 11.2. The summed E-state index contributed by atoms with van der Waals surface area (Å²) < 4.78 is 2.95. The van der Waals surface area contributed by atoms with Gasteiger partial charge in [-0.1, -0.05) is 261 Å². The molecule has 0 heterocycles. The average molecular weight is 1140 g/mol. The molecule has 0 aromatic heterocycles. The van der Waals surface area contributed by atoms with Gasteiger partial charge in [0.1, 0.15) is 0 Å². The van der Waals surface area contributed by atoms with E-state index >= 15 is 0 Å². The van der Waals surface area contributed by atoms with E-state index in [1.165, 1.54) is 370 Å². The third-order valence-electron chi connectivity index (χ3n) is 15.9. The Morgan fingerprint density at radius 2 is 0.235 bits per heavy atom. The number of rotatable bonds is 56. The van der Waals surface area contributed by atoms with E-state index in [0.29, 0.717) is 0 Å². The van der Waals surface area contributed by atoms with E-state index in [0.717, 1.165) is 0 Å². The molecular formula is C64H136BrIN2. The van der Waals surface area contributed by atoms with Crippen LogP contribution in [-0.4, -0.2) is 61.3 Å². The van der Waals surface area contributed by atoms with Crippen molar-refractivity contribution in [1.82, 2.24) is 0 Å². The lowest BCUT2D eigenvalue weighted by Gasteiger charge is -2.40. The standard InChI is InChI=1S/2C32H68N.BrH.HI/c2*1-5-9-13-17-21-25-29-33(30-26-22-18-14-10-6-2,31-27-23-19-15-11-7-3)32-28-24-20-16-12-8-4;;/h2*5-32H2,1-4H3;2*1H/q2*+1;;/p-2. The quantitative estimate of drug-likeness (QED) is 0.0323. The number of nitrogens with zero attached hydrogens (tertiary/aromatic N) is 2. The third kappa shape index (κ3) is 54.9. The first-order valence-electron chi connectivity index (χ1n) is 32.2. The van der Waals surface area contributed by atoms with Crippen LogP contribution >= 0.6 is 0 Å². The predicted molar refractivity (Wildman–Crippen MR) is 306 cm³/mol. The highest BCUT2D eigenvalue weighted by molar-refractivity contribution is 4.57. The van der Waals surface area contributed by atoms with E-state index in [4.69, 9.17) is 0 Å². The molecule has 0 radical (unpaired) electrons. The van der Waals surface area contributed by atoms with Crippen LogP contribution in [0.4, 0.5) is 0 Å². The minimum absolute atomic E-state index is 0. The van der Waals surface area contributed by atoms with Crippen LogP contribution in [0, 0.1) is 0 Å². The molecule has 68 heavy (non-hydrogen) atoms. The molecule has 0 aliphatic heterocycles. The number of halogens is 2. The van der Waals surface area contributed by atoms with Gasteiger partial charge in [0.15, 0.2) is 0 Å². The van der Waals surface area contributed by atoms with Gasteiger partial charge in [0.05, 0.1) is 52.4 Å². The Morgan fingerprint density at radius 3 is 0.338 bits per heavy atom. The summed E-state index contributed by atoms with van der Waals surface area (Å²) in [7, 11) is 0. The molecule has 0 rings (SSSR count). The zero-order valence-corrected chi connectivity index (χ0v) is 53.0. The normalized spacial score (nSPS) is 11.6. The second-order valence-corrected chi connectivity index (χ2v) is 22.6. The number of unbranched alkanes of at least 4 members (excludes halogenated alkanes) is 40. The lowest BCUT2D eigenvalue weighted by molar-refractivity contribution is -0.929. The van der Waals surface area contributed by atoms with Gasteiger partial charge in [-0.25, -0.2) is 0 Å². The van der Waals surface area contributed by atoms with Gasteiger partial charge < -0.3 is 49.9 Å². The van der Waals surface area contributed by atoms with E-state index in [1.54, 1.807) is 0 Å². The number of quaternary nitrogens is 2. The van der Waals surface area contributed by atoms with Crippen LogP contribution in [0.15, 0.2) is 0 Å². The van der Waals surface area contributed by atoms with E-state index in [-0.39, 0.29) is 41.0 Å². The Hall–Kier alpha value is 1.13. The molecule has 4 heteroatoms. The summed E-state index contributed by atoms with van der Waals surface area (Å²) in [6, 6.07) is 0. The molecule has 416 valence electrons. The van der Waals surface area contributed by atoms with Gasteiger partial charge in [0.25, 0.3) is 0 Å². The highest BCUT2D eigenvalue weighted by atomic mass is 127. The summed E-state index contributed by atoms with van der Waals surface area (Å²) in [6.07, 6.45) is 69.5. The van der Waals surface area contributed by atoms with Crippen molar-refractivity contribution in [3.8, 4) is 0 Å². The van der Waals surface area contributed by atoms with Crippen molar-refractivity contribution >= 4 is 0 Å². The van der Waals surface area contributed by atoms with Gasteiger partial charge in [0.2, 0.25) is 0 Å². The van der Waals surface area contributed by atoms with E-state index in [1.807, 2.05) is 0 Å². The topological polar surface area (TPSA) is 0 Å². The average Bonchev–Trinajstić information content (AvgIpc) is 3.33. The van der Waals surface area contributed by atoms with Crippen molar-refractivity contribution < 1.29 is 49.9 Å². The first-order valence-corrected chi connectivity index (χ1v) is 32.2. The molecule has 0 spiro atoms. The van der Waals surface area contributed by atoms with Crippen molar-refractivity contribution in [3.63, 3.8) is 0 Å². The van der Waals surface area contributed by atoms with Crippen molar-refractivity contribution in [3.05, 3.63) is 0 Å². The Morgan fingerprint density at radius 1 is 0.147 bits per heavy atom. The molecule has 0 N–H and O–H groups in total. The van der Waals surface area contributed by atoms with Crippen LogP contribution in [0.5, 0.6) is 0 Å². The number of hydrogen-bond donors (Lipinski definition) is 0. The van der Waals surface area contributed by atoms with Gasteiger partial charge in [-0.15, -0.1) is 0 Å². The summed E-state index contributed by atoms with van der Waals surface area (Å²) in [5, 5.41) is 0. The third-order valence-corrected chi connectivity index (χ3v) is 15.9. The van der Waals surface area contributed by atoms with Gasteiger partial charge in [-0.2, -0.15) is 0 Å². The zero-order chi connectivity index (χ0) is 48.6. The van der Waals surface area contributed by atoms with Crippen molar-refractivity contribution in [1.29, 1.82) is 0 Å². The maximum Gasteiger partial charge on any atom is 0.0786 e. The van der Waals surface area contributed by atoms with Crippen molar-refractivity contribution in [2.24, 2.45) is 0 Å². The summed E-state index contributed by atoms with van der Waals surface area (Å²) in [6.45, 7) is 30.5. The van der Waals surface area contributed by atoms with Crippen molar-refractivity contribution in [2.45, 2.75) is 364 Å². The molecule has 0 aromatic carbocycles. The SMILES string of the molecule is CCCCCCCC[N+](CCCCCCCC)(CCCCCCCC)CCCCCCCC.CCCCCCCC[N+](CCCCCCCC)(CCCCCCCC)CCCCCCCC.[Br-].[I-]. The molecule has 0 saturated heterocycles. The molecule has 0 unspecified atom stereocenters. The maximum atomic E-state index is 2.34. The van der Waals surface area contributed by atoms with Crippen LogP contribution in [-0.2, 0) is 0 Å². The Bertz CT molecular complexity index is 645. The molecular weight excluding hydrogens is 1000 g/mol. The Kier molecular flexibility index (Phi) is 71.5. The molecule has 0 atom stereocenters. The minimum Gasteiger partial charge on any atom is -1.00 e. The fourth-order valence-corrected chi connectivity index (χ4v) is 11.2. The molecule has 0 aliphatic carbocycles. The molecule has 0 fully saturated rings. The maximum absolute atomic E-state index is 2.34. The molecule has 0 saturated carbocycles. The minimum atomic E-state index is 0. The summed E-state index contributed by atoms with van der Waals surface area (Å²) in [5.41, 5.74) is 0. The largest absolute Gasteiger partial charge is 1.00 e. The molecule has 0 aliphatic rings. The first-order chi connectivity index (χ1) is 32.5. The monoisotopic (exact) mass is 1140 g/mol. The van der Waals surface area contributed by atoms with E-state index in [9.17, 15) is 0 Å². The smallest absolute Gasteiger partial charge is 0.0786 e. The fraction of sp³-hybridized carbons (Fsp3) is 1.00. The van der Waals surface area contributed by atoms with Crippen molar-refractivity contribution in [2.75, 3.05) is 52.4 Å². The van der Waals surface area contributed by atoms with Gasteiger partial charge >= 0.3 is 0 Å². The van der Waals surface area contributed by atoms with Crippen LogP contribution in [0.1, 0.15) is 364 Å². The highest BCUT2D eigenvalue weighted by Crippen LogP contribution is 2.23. The van der Waals surface area contributed by atoms with E-state index < -0.39 is 0 Å². The summed E-state index contributed by atoms with van der Waals surface area (Å²) in [5.74, 6) is 0. The summed E-state index contributed by atoms with van der Waals surface area (Å²) in [4.78, 5) is 0. The highest BCUT2D eigenvalue weighted by Gasteiger charge is 2.27. The van der Waals surface area contributed by atoms with E-state index in [2.05, 4.69) is 55.4 Å². The van der Waals surface area contributed by atoms with Crippen LogP contribution in [0.3, 0.4) is 0 Å². The van der Waals surface area contributed by atoms with Gasteiger partial charge in [-0.05, 0) is 103 Å². The van der Waals surface area contributed by atoms with Crippen LogP contribution in [0.25, 0.3) is 0 Å². The lowest BCUT2D eigenvalue weighted by Crippen LogP contribution is -3.00. The van der Waals surface area contributed by atoms with Gasteiger partial charge in [-0.3, -0.25) is 0 Å². The molecule has 2 nitrogen and oxygen atoms in total. The number of hydrogen-bond acceptors (Lipinski definition) is 0.